The molecule has 0 amide bonds. The predicted molar refractivity (Wildman–Crippen MR) is 67.8 cm³/mol. The highest BCUT2D eigenvalue weighted by atomic mass is 35.5. The van der Waals surface area contributed by atoms with Gasteiger partial charge < -0.3 is 0 Å². The highest BCUT2D eigenvalue weighted by Crippen LogP contribution is 2.24. The summed E-state index contributed by atoms with van der Waals surface area (Å²) in [5, 5.41) is 5.28. The van der Waals surface area contributed by atoms with Gasteiger partial charge >= 0.3 is 0 Å². The van der Waals surface area contributed by atoms with E-state index in [1.165, 1.54) is 13.1 Å². The second kappa shape index (κ2) is 4.90. The Kier molecular flexibility index (Phi) is 3.50. The van der Waals surface area contributed by atoms with E-state index in [1.807, 2.05) is 0 Å². The summed E-state index contributed by atoms with van der Waals surface area (Å²) in [4.78, 5) is 11.1. The number of halogens is 2. The van der Waals surface area contributed by atoms with Crippen molar-refractivity contribution < 1.29 is 4.79 Å². The molecule has 0 saturated heterocycles. The van der Waals surface area contributed by atoms with Gasteiger partial charge in [-0.15, -0.1) is 0 Å². The van der Waals surface area contributed by atoms with Crippen molar-refractivity contribution in [2.24, 2.45) is 0 Å². The first kappa shape index (κ1) is 12.1. The molecule has 2 aromatic rings. The highest BCUT2D eigenvalue weighted by molar-refractivity contribution is 6.35. The van der Waals surface area contributed by atoms with Crippen LogP contribution in [0.2, 0.25) is 10.0 Å². The minimum Gasteiger partial charge on any atom is -0.294 e. The highest BCUT2D eigenvalue weighted by Gasteiger charge is 2.08. The van der Waals surface area contributed by atoms with Gasteiger partial charge in [0.15, 0.2) is 5.78 Å². The predicted octanol–water partition coefficient (Wildman–Crippen LogP) is 3.44. The van der Waals surface area contributed by atoms with Crippen molar-refractivity contribution in [2.75, 3.05) is 0 Å². The maximum Gasteiger partial charge on any atom is 0.162 e. The van der Waals surface area contributed by atoms with Crippen molar-refractivity contribution in [1.29, 1.82) is 0 Å². The van der Waals surface area contributed by atoms with Crippen molar-refractivity contribution in [3.63, 3.8) is 0 Å². The molecule has 3 nitrogen and oxygen atoms in total. The van der Waals surface area contributed by atoms with E-state index in [2.05, 4.69) is 5.10 Å². The summed E-state index contributed by atoms with van der Waals surface area (Å²) < 4.78 is 1.64. The Balaban J connectivity index is 2.28. The van der Waals surface area contributed by atoms with Crippen LogP contribution in [0.15, 0.2) is 30.6 Å². The molecular weight excluding hydrogens is 259 g/mol. The molecule has 0 aliphatic carbocycles. The molecule has 0 aliphatic rings. The Morgan fingerprint density at radius 1 is 1.35 bits per heavy atom. The van der Waals surface area contributed by atoms with Crippen molar-refractivity contribution in [3.8, 4) is 0 Å². The molecule has 0 N–H and O–H groups in total. The molecule has 88 valence electrons. The third-order valence-corrected chi connectivity index (χ3v) is 3.13. The van der Waals surface area contributed by atoms with Crippen LogP contribution < -0.4 is 0 Å². The first-order valence-corrected chi connectivity index (χ1v) is 5.80. The molecule has 1 heterocycles. The summed E-state index contributed by atoms with van der Waals surface area (Å²) >= 11 is 12.1. The van der Waals surface area contributed by atoms with Gasteiger partial charge in [0, 0.05) is 21.8 Å². The van der Waals surface area contributed by atoms with Crippen LogP contribution in [-0.4, -0.2) is 15.6 Å². The van der Waals surface area contributed by atoms with E-state index in [0.717, 1.165) is 5.56 Å². The minimum absolute atomic E-state index is 0.0125. The average molecular weight is 269 g/mol. The van der Waals surface area contributed by atoms with Gasteiger partial charge in [-0.1, -0.05) is 29.3 Å². The molecule has 0 aliphatic heterocycles. The molecule has 2 rings (SSSR count). The first-order chi connectivity index (χ1) is 8.08. The summed E-state index contributed by atoms with van der Waals surface area (Å²) in [6.07, 6.45) is 3.22. The number of hydrogen-bond donors (Lipinski definition) is 0. The molecule has 17 heavy (non-hydrogen) atoms. The lowest BCUT2D eigenvalue weighted by atomic mass is 10.2. The number of Topliss-reactive ketones (excluding diaryl/α,β-unsaturated/α-hetero) is 1. The zero-order chi connectivity index (χ0) is 12.4. The Bertz CT molecular complexity index is 543. The minimum atomic E-state index is -0.0125. The lowest BCUT2D eigenvalue weighted by molar-refractivity contribution is 0.101. The normalized spacial score (nSPS) is 10.5. The van der Waals surface area contributed by atoms with Gasteiger partial charge in [0.25, 0.3) is 0 Å². The van der Waals surface area contributed by atoms with E-state index in [0.29, 0.717) is 22.2 Å². The number of carbonyl (C=O) groups is 1. The molecule has 0 fully saturated rings. The third-order valence-electron chi connectivity index (χ3n) is 2.42. The summed E-state index contributed by atoms with van der Waals surface area (Å²) in [7, 11) is 0. The average Bonchev–Trinajstić information content (AvgIpc) is 2.72. The lowest BCUT2D eigenvalue weighted by Crippen LogP contribution is -2.01. The summed E-state index contributed by atoms with van der Waals surface area (Å²) in [6, 6.07) is 5.34. The molecule has 0 saturated carbocycles. The Hall–Kier alpha value is -1.32. The van der Waals surface area contributed by atoms with Crippen LogP contribution >= 0.6 is 23.2 Å². The van der Waals surface area contributed by atoms with Gasteiger partial charge in [0.1, 0.15) is 0 Å². The maximum atomic E-state index is 11.1. The smallest absolute Gasteiger partial charge is 0.162 e. The SMILES string of the molecule is CC(=O)c1cnn(Cc2c(Cl)cccc2Cl)c1. The molecule has 0 bridgehead atoms. The first-order valence-electron chi connectivity index (χ1n) is 5.04. The topological polar surface area (TPSA) is 34.9 Å². The van der Waals surface area contributed by atoms with Crippen LogP contribution in [0.4, 0.5) is 0 Å². The van der Waals surface area contributed by atoms with Crippen LogP contribution in [0.25, 0.3) is 0 Å². The van der Waals surface area contributed by atoms with Gasteiger partial charge in [-0.25, -0.2) is 0 Å². The van der Waals surface area contributed by atoms with Gasteiger partial charge in [-0.2, -0.15) is 5.10 Å². The van der Waals surface area contributed by atoms with Gasteiger partial charge in [0.05, 0.1) is 18.3 Å². The van der Waals surface area contributed by atoms with E-state index in [-0.39, 0.29) is 5.78 Å². The second-order valence-corrected chi connectivity index (χ2v) is 4.50. The molecule has 5 heteroatoms. The molecule has 0 atom stereocenters. The number of ketones is 1. The molecular formula is C12H10Cl2N2O. The largest absolute Gasteiger partial charge is 0.294 e. The number of benzene rings is 1. The molecule has 0 spiro atoms. The quantitative estimate of drug-likeness (QED) is 0.800. The van der Waals surface area contributed by atoms with Crippen LogP contribution in [-0.2, 0) is 6.54 Å². The number of aromatic nitrogens is 2. The molecule has 0 radical (unpaired) electrons. The van der Waals surface area contributed by atoms with Gasteiger partial charge in [-0.3, -0.25) is 9.48 Å². The van der Waals surface area contributed by atoms with Crippen molar-refractivity contribution in [2.45, 2.75) is 13.5 Å². The molecule has 1 aromatic carbocycles. The number of hydrogen-bond acceptors (Lipinski definition) is 2. The van der Waals surface area contributed by atoms with E-state index < -0.39 is 0 Å². The number of carbonyl (C=O) groups excluding carboxylic acids is 1. The van der Waals surface area contributed by atoms with Crippen molar-refractivity contribution >= 4 is 29.0 Å². The van der Waals surface area contributed by atoms with Crippen LogP contribution in [0, 0.1) is 0 Å². The van der Waals surface area contributed by atoms with E-state index >= 15 is 0 Å². The zero-order valence-corrected chi connectivity index (χ0v) is 10.7. The molecule has 1 aromatic heterocycles. The summed E-state index contributed by atoms with van der Waals surface area (Å²) in [5.74, 6) is -0.0125. The summed E-state index contributed by atoms with van der Waals surface area (Å²) in [5.41, 5.74) is 1.38. The van der Waals surface area contributed by atoms with Crippen molar-refractivity contribution in [3.05, 3.63) is 51.8 Å². The van der Waals surface area contributed by atoms with E-state index in [9.17, 15) is 4.79 Å². The Morgan fingerprint density at radius 2 is 2.00 bits per heavy atom. The van der Waals surface area contributed by atoms with Crippen LogP contribution in [0.3, 0.4) is 0 Å². The maximum absolute atomic E-state index is 11.1. The van der Waals surface area contributed by atoms with Gasteiger partial charge in [0.2, 0.25) is 0 Å². The Labute approximate surface area is 109 Å². The second-order valence-electron chi connectivity index (χ2n) is 3.68. The van der Waals surface area contributed by atoms with Crippen molar-refractivity contribution in [1.82, 2.24) is 9.78 Å². The standard InChI is InChI=1S/C12H10Cl2N2O/c1-8(17)9-5-15-16(6-9)7-10-11(13)3-2-4-12(10)14/h2-6H,7H2,1H3. The fourth-order valence-electron chi connectivity index (χ4n) is 1.48. The Morgan fingerprint density at radius 3 is 2.53 bits per heavy atom. The van der Waals surface area contributed by atoms with E-state index in [4.69, 9.17) is 23.2 Å². The fraction of sp³-hybridized carbons (Fsp3) is 0.167. The summed E-state index contributed by atoms with van der Waals surface area (Å²) in [6.45, 7) is 1.95. The number of nitrogens with zero attached hydrogens (tertiary/aromatic N) is 2. The fourth-order valence-corrected chi connectivity index (χ4v) is 1.99. The number of rotatable bonds is 3. The van der Waals surface area contributed by atoms with Gasteiger partial charge in [-0.05, 0) is 19.1 Å². The monoisotopic (exact) mass is 268 g/mol. The van der Waals surface area contributed by atoms with Crippen LogP contribution in [0.5, 0.6) is 0 Å². The molecule has 0 unspecified atom stereocenters. The third kappa shape index (κ3) is 2.68. The van der Waals surface area contributed by atoms with E-state index in [1.54, 1.807) is 29.1 Å². The zero-order valence-electron chi connectivity index (χ0n) is 9.15. The lowest BCUT2D eigenvalue weighted by Gasteiger charge is -2.06. The van der Waals surface area contributed by atoms with Crippen LogP contribution in [0.1, 0.15) is 22.8 Å².